The van der Waals surface area contributed by atoms with Crippen LogP contribution in [0.15, 0.2) is 94.7 Å². The minimum absolute atomic E-state index is 0.0000937. The summed E-state index contributed by atoms with van der Waals surface area (Å²) >= 11 is 0. The molecular weight excluding hydrogens is 645 g/mol. The van der Waals surface area contributed by atoms with Crippen LogP contribution in [0.25, 0.3) is 21.5 Å². The van der Waals surface area contributed by atoms with E-state index in [4.69, 9.17) is 0 Å². The molecule has 6 rings (SSSR count). The molecule has 0 aliphatic carbocycles. The molecule has 4 aromatic carbocycles. The number of rotatable bonds is 9. The van der Waals surface area contributed by atoms with Crippen molar-refractivity contribution >= 4 is 75.1 Å². The minimum Gasteiger partial charge on any atom is -0.480 e. The monoisotopic (exact) mass is 672 g/mol. The van der Waals surface area contributed by atoms with Gasteiger partial charge < -0.3 is 10.2 Å². The molecule has 3 atom stereocenters. The molecule has 0 radical (unpaired) electrons. The smallest absolute Gasteiger partial charge is 0.336 e. The van der Waals surface area contributed by atoms with Gasteiger partial charge in [0.25, 0.3) is 0 Å². The van der Waals surface area contributed by atoms with Crippen LogP contribution >= 0.6 is 21.6 Å². The van der Waals surface area contributed by atoms with Gasteiger partial charge >= 0.3 is 11.9 Å². The maximum absolute atomic E-state index is 13.8. The van der Waals surface area contributed by atoms with Gasteiger partial charge in [-0.1, -0.05) is 82.3 Å². The SMILES string of the molecule is O=C(O)[C@@H]1C[C@H](SSC2(C(=O)O)CCCN2S(=O)(=O)c2ccc3ccccc3c2)CN1S(=O)(=O)c1ccc2ccccc2c1. The van der Waals surface area contributed by atoms with Gasteiger partial charge in [0, 0.05) is 18.3 Å². The molecule has 1 unspecified atom stereocenters. The minimum atomic E-state index is -4.22. The van der Waals surface area contributed by atoms with E-state index in [9.17, 15) is 36.6 Å². The lowest BCUT2D eigenvalue weighted by molar-refractivity contribution is -0.142. The van der Waals surface area contributed by atoms with Crippen LogP contribution < -0.4 is 0 Å². The summed E-state index contributed by atoms with van der Waals surface area (Å²) in [4.78, 5) is 23.1. The lowest BCUT2D eigenvalue weighted by Crippen LogP contribution is -2.50. The molecule has 4 aromatic rings. The highest BCUT2D eigenvalue weighted by molar-refractivity contribution is 8.77. The number of carboxylic acids is 2. The van der Waals surface area contributed by atoms with Crippen molar-refractivity contribution in [2.24, 2.45) is 0 Å². The Balaban J connectivity index is 1.25. The summed E-state index contributed by atoms with van der Waals surface area (Å²) in [5, 5.41) is 22.8. The zero-order chi connectivity index (χ0) is 31.3. The highest BCUT2D eigenvalue weighted by atomic mass is 33.1. The molecule has 2 heterocycles. The highest BCUT2D eigenvalue weighted by Gasteiger charge is 2.55. The fourth-order valence-corrected chi connectivity index (χ4v) is 13.1. The van der Waals surface area contributed by atoms with Crippen molar-refractivity contribution in [3.8, 4) is 0 Å². The third kappa shape index (κ3) is 5.37. The van der Waals surface area contributed by atoms with Crippen molar-refractivity contribution < 1.29 is 36.6 Å². The Bertz CT molecular complexity index is 2000. The van der Waals surface area contributed by atoms with Gasteiger partial charge in [-0.3, -0.25) is 4.79 Å². The Morgan fingerprint density at radius 3 is 1.86 bits per heavy atom. The van der Waals surface area contributed by atoms with Crippen LogP contribution in [-0.2, 0) is 29.6 Å². The highest BCUT2D eigenvalue weighted by Crippen LogP contribution is 2.51. The van der Waals surface area contributed by atoms with Gasteiger partial charge in [-0.05, 0) is 65.1 Å². The summed E-state index contributed by atoms with van der Waals surface area (Å²) in [6.45, 7) is -0.170. The van der Waals surface area contributed by atoms with E-state index in [1.54, 1.807) is 36.4 Å². The maximum atomic E-state index is 13.8. The summed E-state index contributed by atoms with van der Waals surface area (Å²) in [5.41, 5.74) is 0. The molecule has 0 bridgehead atoms. The van der Waals surface area contributed by atoms with Gasteiger partial charge in [-0.25, -0.2) is 21.6 Å². The van der Waals surface area contributed by atoms with Crippen molar-refractivity contribution in [3.63, 3.8) is 0 Å². The summed E-state index contributed by atoms with van der Waals surface area (Å²) in [5.74, 6) is -2.64. The average molecular weight is 673 g/mol. The first kappa shape index (κ1) is 30.9. The predicted molar refractivity (Wildman–Crippen MR) is 170 cm³/mol. The van der Waals surface area contributed by atoms with E-state index >= 15 is 0 Å². The second-order valence-electron chi connectivity index (χ2n) is 10.8. The number of hydrogen-bond acceptors (Lipinski definition) is 8. The van der Waals surface area contributed by atoms with Crippen molar-refractivity contribution in [3.05, 3.63) is 84.9 Å². The second kappa shape index (κ2) is 11.7. The summed E-state index contributed by atoms with van der Waals surface area (Å²) in [6, 6.07) is 22.4. The molecule has 0 spiro atoms. The number of nitrogens with zero attached hydrogens (tertiary/aromatic N) is 2. The first-order chi connectivity index (χ1) is 20.9. The van der Waals surface area contributed by atoms with Crippen LogP contribution in [0.2, 0.25) is 0 Å². The molecule has 0 saturated carbocycles. The van der Waals surface area contributed by atoms with Crippen molar-refractivity contribution in [1.29, 1.82) is 0 Å². The van der Waals surface area contributed by atoms with E-state index in [0.717, 1.165) is 41.0 Å². The Kier molecular flexibility index (Phi) is 8.18. The summed E-state index contributed by atoms with van der Waals surface area (Å²) in [7, 11) is -6.56. The largest absolute Gasteiger partial charge is 0.480 e. The molecular formula is C30H28N2O8S4. The molecule has 14 heteroatoms. The standard InChI is InChI=1S/C30H28N2O8S4/c33-28(34)27-18-24(19-31(27)43(37,38)25-12-10-20-6-1-3-8-22(20)16-25)41-42-30(29(35)36)14-5-15-32(30)44(39,40)26-13-11-21-7-2-4-9-23(21)17-26/h1-4,6-13,16-17,24,27H,5,14-15,18-19H2,(H,33,34)(H,35,36)/t24-,27-,30?/m0/s1. The van der Waals surface area contributed by atoms with Gasteiger partial charge in [0.1, 0.15) is 6.04 Å². The Morgan fingerprint density at radius 1 is 0.773 bits per heavy atom. The lowest BCUT2D eigenvalue weighted by Gasteiger charge is -2.33. The van der Waals surface area contributed by atoms with Crippen molar-refractivity contribution in [2.45, 2.75) is 45.2 Å². The van der Waals surface area contributed by atoms with Gasteiger partial charge in [0.2, 0.25) is 20.0 Å². The molecule has 2 saturated heterocycles. The van der Waals surface area contributed by atoms with Crippen LogP contribution in [0.4, 0.5) is 0 Å². The van der Waals surface area contributed by atoms with E-state index < -0.39 is 48.1 Å². The summed E-state index contributed by atoms with van der Waals surface area (Å²) in [6.07, 6.45) is 0.297. The van der Waals surface area contributed by atoms with Crippen LogP contribution in [-0.4, -0.2) is 76.8 Å². The zero-order valence-corrected chi connectivity index (χ0v) is 26.4. The molecule has 230 valence electrons. The Morgan fingerprint density at radius 2 is 1.32 bits per heavy atom. The molecule has 2 N–H and O–H groups in total. The summed E-state index contributed by atoms with van der Waals surface area (Å²) < 4.78 is 57.0. The van der Waals surface area contributed by atoms with Crippen molar-refractivity contribution in [1.82, 2.24) is 8.61 Å². The zero-order valence-electron chi connectivity index (χ0n) is 23.1. The van der Waals surface area contributed by atoms with Crippen LogP contribution in [0.5, 0.6) is 0 Å². The van der Waals surface area contributed by atoms with Crippen LogP contribution in [0.1, 0.15) is 19.3 Å². The van der Waals surface area contributed by atoms with Crippen LogP contribution in [0, 0.1) is 0 Å². The normalized spacial score (nSPS) is 23.4. The van der Waals surface area contributed by atoms with E-state index in [2.05, 4.69) is 0 Å². The number of carbonyl (C=O) groups is 2. The van der Waals surface area contributed by atoms with Crippen LogP contribution in [0.3, 0.4) is 0 Å². The number of carboxylic acid groups (broad SMARTS) is 2. The molecule has 2 aliphatic heterocycles. The molecule has 44 heavy (non-hydrogen) atoms. The first-order valence-corrected chi connectivity index (χ1v) is 18.9. The molecule has 0 aromatic heterocycles. The third-order valence-corrected chi connectivity index (χ3v) is 15.5. The van der Waals surface area contributed by atoms with E-state index in [1.807, 2.05) is 24.3 Å². The van der Waals surface area contributed by atoms with E-state index in [-0.39, 0.29) is 35.7 Å². The average Bonchev–Trinajstić information content (AvgIpc) is 3.66. The number of aliphatic carboxylic acids is 2. The number of sulfonamides is 2. The second-order valence-corrected chi connectivity index (χ2v) is 17.3. The van der Waals surface area contributed by atoms with E-state index in [1.165, 1.54) is 24.3 Å². The fourth-order valence-electron chi connectivity index (χ4n) is 5.81. The maximum Gasteiger partial charge on any atom is 0.336 e. The number of hydrogen-bond donors (Lipinski definition) is 2. The topological polar surface area (TPSA) is 149 Å². The van der Waals surface area contributed by atoms with Crippen molar-refractivity contribution in [2.75, 3.05) is 13.1 Å². The molecule has 0 amide bonds. The number of fused-ring (bicyclic) bond motifs is 2. The Labute approximate surface area is 262 Å². The van der Waals surface area contributed by atoms with E-state index in [0.29, 0.717) is 17.2 Å². The van der Waals surface area contributed by atoms with Gasteiger partial charge in [-0.2, -0.15) is 8.61 Å². The van der Waals surface area contributed by atoms with Gasteiger partial charge in [0.05, 0.1) is 9.79 Å². The quantitative estimate of drug-likeness (QED) is 0.236. The lowest BCUT2D eigenvalue weighted by atomic mass is 10.1. The van der Waals surface area contributed by atoms with Gasteiger partial charge in [-0.15, -0.1) is 0 Å². The first-order valence-electron chi connectivity index (χ1n) is 13.8. The molecule has 2 fully saturated rings. The molecule has 10 nitrogen and oxygen atoms in total. The molecule has 2 aliphatic rings. The number of benzene rings is 4. The third-order valence-electron chi connectivity index (χ3n) is 8.07. The Hall–Kier alpha value is -3.14. The predicted octanol–water partition coefficient (Wildman–Crippen LogP) is 4.86. The fraction of sp³-hybridized carbons (Fsp3) is 0.267. The van der Waals surface area contributed by atoms with Gasteiger partial charge in [0.15, 0.2) is 4.87 Å².